The minimum atomic E-state index is -4.90. The van der Waals surface area contributed by atoms with Crippen LogP contribution in [0.15, 0.2) is 0 Å². The van der Waals surface area contributed by atoms with Gasteiger partial charge >= 0.3 is 18.2 Å². The number of halogens is 3. The van der Waals surface area contributed by atoms with Crippen LogP contribution in [0.1, 0.15) is 27.2 Å². The molecule has 0 saturated carbocycles. The third-order valence-corrected chi connectivity index (χ3v) is 3.95. The number of hydrogen-bond donors (Lipinski definition) is 2. The maximum Gasteiger partial charge on any atom is 0.513 e. The van der Waals surface area contributed by atoms with Crippen LogP contribution in [0.2, 0.25) is 0 Å². The summed E-state index contributed by atoms with van der Waals surface area (Å²) in [7, 11) is 0. The van der Waals surface area contributed by atoms with E-state index in [-0.39, 0.29) is 23.5 Å². The van der Waals surface area contributed by atoms with E-state index in [1.165, 1.54) is 0 Å². The van der Waals surface area contributed by atoms with Gasteiger partial charge < -0.3 is 10.4 Å². The zero-order chi connectivity index (χ0) is 15.8. The Bertz CT molecular complexity index is 404. The molecular formula is C12H20F3N2O3+. The van der Waals surface area contributed by atoms with Crippen molar-refractivity contribution in [3.63, 3.8) is 0 Å². The van der Waals surface area contributed by atoms with Crippen molar-refractivity contribution >= 4 is 12.0 Å². The maximum absolute atomic E-state index is 12.1. The van der Waals surface area contributed by atoms with E-state index in [2.05, 4.69) is 0 Å². The topological polar surface area (TPSA) is 66.4 Å². The van der Waals surface area contributed by atoms with Crippen molar-refractivity contribution in [1.29, 1.82) is 0 Å². The van der Waals surface area contributed by atoms with Gasteiger partial charge in [0.1, 0.15) is 5.54 Å². The van der Waals surface area contributed by atoms with Crippen LogP contribution in [0.25, 0.3) is 0 Å². The molecule has 2 N–H and O–H groups in total. The van der Waals surface area contributed by atoms with Crippen LogP contribution < -0.4 is 5.32 Å². The molecule has 1 saturated heterocycles. The predicted octanol–water partition coefficient (Wildman–Crippen LogP) is 1.98. The summed E-state index contributed by atoms with van der Waals surface area (Å²) in [6.07, 6.45) is -5.41. The van der Waals surface area contributed by atoms with Crippen LogP contribution >= 0.6 is 0 Å². The van der Waals surface area contributed by atoms with Gasteiger partial charge in [-0.05, 0) is 20.8 Å². The Kier molecular flexibility index (Phi) is 4.38. The molecule has 5 nitrogen and oxygen atoms in total. The third-order valence-electron chi connectivity index (χ3n) is 3.95. The number of carboxylic acid groups (broad SMARTS) is 1. The van der Waals surface area contributed by atoms with Crippen LogP contribution in [-0.2, 0) is 4.79 Å². The second-order valence-electron chi connectivity index (χ2n) is 6.19. The average Bonchev–Trinajstić information content (AvgIpc) is 2.69. The maximum atomic E-state index is 12.1. The van der Waals surface area contributed by atoms with Gasteiger partial charge in [0.15, 0.2) is 0 Å². The molecule has 1 unspecified atom stereocenters. The molecule has 1 heterocycles. The minimum Gasteiger partial charge on any atom is -0.435 e. The summed E-state index contributed by atoms with van der Waals surface area (Å²) >= 11 is 0. The smallest absolute Gasteiger partial charge is 0.435 e. The number of carbonyl (C=O) groups excluding carboxylic acids is 1. The van der Waals surface area contributed by atoms with Gasteiger partial charge in [-0.1, -0.05) is 0 Å². The summed E-state index contributed by atoms with van der Waals surface area (Å²) in [5.41, 5.74) is -0.547. The van der Waals surface area contributed by atoms with Crippen molar-refractivity contribution < 1.29 is 32.3 Å². The van der Waals surface area contributed by atoms with Gasteiger partial charge in [0.2, 0.25) is 0 Å². The number of nitrogens with zero attached hydrogens (tertiary/aromatic N) is 1. The first-order chi connectivity index (χ1) is 8.90. The van der Waals surface area contributed by atoms with E-state index in [9.17, 15) is 27.9 Å². The molecule has 0 aromatic rings. The molecule has 1 rings (SSSR count). The largest absolute Gasteiger partial charge is 0.513 e. The van der Waals surface area contributed by atoms with Crippen molar-refractivity contribution in [1.82, 2.24) is 5.32 Å². The molecule has 0 radical (unpaired) electrons. The van der Waals surface area contributed by atoms with Crippen molar-refractivity contribution in [2.45, 2.75) is 38.9 Å². The summed E-state index contributed by atoms with van der Waals surface area (Å²) in [4.78, 5) is 22.3. The van der Waals surface area contributed by atoms with Crippen molar-refractivity contribution in [2.24, 2.45) is 5.92 Å². The molecule has 0 aromatic heterocycles. The lowest BCUT2D eigenvalue weighted by atomic mass is 10.0. The Labute approximate surface area is 115 Å². The van der Waals surface area contributed by atoms with Gasteiger partial charge in [-0.15, -0.1) is 0 Å². The Hall–Kier alpha value is -1.31. The molecule has 116 valence electrons. The van der Waals surface area contributed by atoms with E-state index in [1.54, 1.807) is 20.8 Å². The number of alkyl halides is 3. The Morgan fingerprint density at radius 1 is 1.30 bits per heavy atom. The molecular weight excluding hydrogens is 277 g/mol. The number of nitrogens with one attached hydrogen (secondary N) is 1. The molecule has 0 spiro atoms. The summed E-state index contributed by atoms with van der Waals surface area (Å²) < 4.78 is 36.1. The van der Waals surface area contributed by atoms with E-state index in [1.807, 2.05) is 5.32 Å². The van der Waals surface area contributed by atoms with E-state index >= 15 is 0 Å². The van der Waals surface area contributed by atoms with Crippen LogP contribution in [-0.4, -0.2) is 52.9 Å². The summed E-state index contributed by atoms with van der Waals surface area (Å²) in [5, 5.41) is 11.3. The Balaban J connectivity index is 2.67. The fourth-order valence-electron chi connectivity index (χ4n) is 2.60. The zero-order valence-corrected chi connectivity index (χ0v) is 11.8. The van der Waals surface area contributed by atoms with Crippen LogP contribution in [0, 0.1) is 5.92 Å². The first-order valence-electron chi connectivity index (χ1n) is 6.36. The standard InChI is InChI=1S/C12H19F3N2O3/c1-11(2,3)17(10(19)20)5-4-8(7-17)6-16-9(18)12(13,14)15/h8H,4-7H2,1-3H3,(H-,16,18,19,20)/p+1/t8-,17?/m1/s1. The Morgan fingerprint density at radius 2 is 1.85 bits per heavy atom. The first kappa shape index (κ1) is 16.7. The molecule has 2 atom stereocenters. The highest BCUT2D eigenvalue weighted by molar-refractivity contribution is 5.81. The second-order valence-corrected chi connectivity index (χ2v) is 6.19. The molecule has 2 amide bonds. The lowest BCUT2D eigenvalue weighted by Gasteiger charge is -2.40. The second kappa shape index (κ2) is 5.23. The average molecular weight is 297 g/mol. The summed E-state index contributed by atoms with van der Waals surface area (Å²) in [5.74, 6) is -2.25. The van der Waals surface area contributed by atoms with E-state index < -0.39 is 23.7 Å². The quantitative estimate of drug-likeness (QED) is 0.766. The monoisotopic (exact) mass is 297 g/mol. The molecule has 1 aliphatic rings. The van der Waals surface area contributed by atoms with E-state index in [0.29, 0.717) is 13.0 Å². The van der Waals surface area contributed by atoms with Crippen molar-refractivity contribution in [3.05, 3.63) is 0 Å². The molecule has 0 aromatic carbocycles. The number of hydrogen-bond acceptors (Lipinski definition) is 2. The van der Waals surface area contributed by atoms with Crippen LogP contribution in [0.4, 0.5) is 18.0 Å². The Morgan fingerprint density at radius 3 is 2.20 bits per heavy atom. The highest BCUT2D eigenvalue weighted by Crippen LogP contribution is 2.34. The normalized spacial score (nSPS) is 27.4. The van der Waals surface area contributed by atoms with Crippen LogP contribution in [0.3, 0.4) is 0 Å². The molecule has 8 heteroatoms. The van der Waals surface area contributed by atoms with Gasteiger partial charge in [0.25, 0.3) is 0 Å². The third kappa shape index (κ3) is 3.23. The SMILES string of the molecule is CC(C)(C)[N+]1(C(=O)O)CC[C@H](CNC(=O)C(F)(F)F)C1. The molecule has 0 aliphatic carbocycles. The fourth-order valence-corrected chi connectivity index (χ4v) is 2.60. The molecule has 1 fully saturated rings. The number of quaternary nitrogens is 1. The lowest BCUT2D eigenvalue weighted by Crippen LogP contribution is -2.62. The van der Waals surface area contributed by atoms with Gasteiger partial charge in [-0.25, -0.2) is 4.48 Å². The van der Waals surface area contributed by atoms with Crippen molar-refractivity contribution in [3.8, 4) is 0 Å². The van der Waals surface area contributed by atoms with E-state index in [4.69, 9.17) is 0 Å². The van der Waals surface area contributed by atoms with Gasteiger partial charge in [-0.2, -0.15) is 18.0 Å². The molecule has 0 bridgehead atoms. The zero-order valence-electron chi connectivity index (χ0n) is 11.8. The van der Waals surface area contributed by atoms with Gasteiger partial charge in [0, 0.05) is 18.9 Å². The highest BCUT2D eigenvalue weighted by atomic mass is 19.4. The number of rotatable bonds is 2. The van der Waals surface area contributed by atoms with Crippen LogP contribution in [0.5, 0.6) is 0 Å². The summed E-state index contributed by atoms with van der Waals surface area (Å²) in [6, 6.07) is 0. The molecule has 1 aliphatic heterocycles. The molecule has 20 heavy (non-hydrogen) atoms. The van der Waals surface area contributed by atoms with Gasteiger partial charge in [0.05, 0.1) is 13.1 Å². The van der Waals surface area contributed by atoms with E-state index in [0.717, 1.165) is 0 Å². The van der Waals surface area contributed by atoms with Crippen molar-refractivity contribution in [2.75, 3.05) is 19.6 Å². The number of carbonyl (C=O) groups is 2. The van der Waals surface area contributed by atoms with Gasteiger partial charge in [-0.3, -0.25) is 4.79 Å². The first-order valence-corrected chi connectivity index (χ1v) is 6.36. The highest BCUT2D eigenvalue weighted by Gasteiger charge is 2.53. The summed E-state index contributed by atoms with van der Waals surface area (Å²) in [6.45, 7) is 5.79. The lowest BCUT2D eigenvalue weighted by molar-refractivity contribution is -0.893. The number of likely N-dealkylation sites (tertiary alicyclic amines) is 1. The fraction of sp³-hybridized carbons (Fsp3) is 0.833. The number of amides is 2. The predicted molar refractivity (Wildman–Crippen MR) is 64.9 cm³/mol. The minimum absolute atomic E-state index is 0.151.